The predicted molar refractivity (Wildman–Crippen MR) is 74.6 cm³/mol. The number of amides is 1. The summed E-state index contributed by atoms with van der Waals surface area (Å²) in [6.45, 7) is 2.71. The standard InChI is InChI=1S/C13H17ClN2O3/c1-2-3-4-5-8-15-13(17)11-7-6-10(16(18)19)9-12(11)14/h6-7,9H,2-5,8H2,1H3,(H,15,17). The summed E-state index contributed by atoms with van der Waals surface area (Å²) < 4.78 is 0. The van der Waals surface area contributed by atoms with Gasteiger partial charge < -0.3 is 5.32 Å². The van der Waals surface area contributed by atoms with Crippen LogP contribution in [-0.4, -0.2) is 17.4 Å². The quantitative estimate of drug-likeness (QED) is 0.473. The van der Waals surface area contributed by atoms with Crippen molar-refractivity contribution >= 4 is 23.2 Å². The van der Waals surface area contributed by atoms with Crippen LogP contribution in [0.1, 0.15) is 43.0 Å². The minimum atomic E-state index is -0.543. The molecule has 1 aromatic rings. The molecule has 0 bridgehead atoms. The van der Waals surface area contributed by atoms with Crippen LogP contribution in [0.4, 0.5) is 5.69 Å². The Bertz CT molecular complexity index is 463. The molecule has 19 heavy (non-hydrogen) atoms. The van der Waals surface area contributed by atoms with Crippen molar-refractivity contribution in [3.05, 3.63) is 38.9 Å². The lowest BCUT2D eigenvalue weighted by atomic mass is 10.1. The van der Waals surface area contributed by atoms with Crippen molar-refractivity contribution in [3.63, 3.8) is 0 Å². The third-order valence-corrected chi connectivity index (χ3v) is 3.04. The molecule has 0 fully saturated rings. The summed E-state index contributed by atoms with van der Waals surface area (Å²) in [6.07, 6.45) is 4.28. The number of rotatable bonds is 7. The van der Waals surface area contributed by atoms with Crippen LogP contribution in [-0.2, 0) is 0 Å². The van der Waals surface area contributed by atoms with E-state index in [0.29, 0.717) is 6.54 Å². The number of non-ortho nitro benzene ring substituents is 1. The molecule has 0 aliphatic heterocycles. The molecule has 0 saturated heterocycles. The van der Waals surface area contributed by atoms with Crippen LogP contribution in [0.5, 0.6) is 0 Å². The number of hydrogen-bond acceptors (Lipinski definition) is 3. The molecule has 0 aromatic heterocycles. The van der Waals surface area contributed by atoms with Crippen LogP contribution in [0.25, 0.3) is 0 Å². The van der Waals surface area contributed by atoms with Gasteiger partial charge in [-0.15, -0.1) is 0 Å². The minimum absolute atomic E-state index is 0.0975. The largest absolute Gasteiger partial charge is 0.352 e. The number of nitro benzene ring substituents is 1. The summed E-state index contributed by atoms with van der Waals surface area (Å²) in [4.78, 5) is 21.8. The number of nitrogens with zero attached hydrogens (tertiary/aromatic N) is 1. The van der Waals surface area contributed by atoms with Gasteiger partial charge >= 0.3 is 0 Å². The second-order valence-electron chi connectivity index (χ2n) is 4.24. The van der Waals surface area contributed by atoms with E-state index in [9.17, 15) is 14.9 Å². The Morgan fingerprint density at radius 1 is 1.37 bits per heavy atom. The molecule has 5 nitrogen and oxygen atoms in total. The van der Waals surface area contributed by atoms with Gasteiger partial charge in [0.2, 0.25) is 0 Å². The van der Waals surface area contributed by atoms with Gasteiger partial charge in [-0.2, -0.15) is 0 Å². The van der Waals surface area contributed by atoms with E-state index >= 15 is 0 Å². The maximum absolute atomic E-state index is 11.8. The Balaban J connectivity index is 2.55. The fourth-order valence-corrected chi connectivity index (χ4v) is 1.91. The lowest BCUT2D eigenvalue weighted by molar-refractivity contribution is -0.384. The highest BCUT2D eigenvalue weighted by Crippen LogP contribution is 2.22. The molecule has 0 heterocycles. The first kappa shape index (κ1) is 15.4. The summed E-state index contributed by atoms with van der Waals surface area (Å²) in [5, 5.41) is 13.4. The fourth-order valence-electron chi connectivity index (χ4n) is 1.65. The molecular formula is C13H17ClN2O3. The number of nitrogens with one attached hydrogen (secondary N) is 1. The van der Waals surface area contributed by atoms with Crippen molar-refractivity contribution in [2.75, 3.05) is 6.54 Å². The van der Waals surface area contributed by atoms with Gasteiger partial charge in [-0.25, -0.2) is 0 Å². The smallest absolute Gasteiger partial charge is 0.270 e. The fraction of sp³-hybridized carbons (Fsp3) is 0.462. The summed E-state index contributed by atoms with van der Waals surface area (Å²) in [5.74, 6) is -0.295. The Morgan fingerprint density at radius 2 is 2.11 bits per heavy atom. The summed E-state index contributed by atoms with van der Waals surface area (Å²) in [6, 6.07) is 3.84. The Kier molecular flexibility index (Phi) is 6.29. The van der Waals surface area contributed by atoms with E-state index in [1.54, 1.807) is 0 Å². The first-order valence-electron chi connectivity index (χ1n) is 6.28. The monoisotopic (exact) mass is 284 g/mol. The van der Waals surface area contributed by atoms with Crippen LogP contribution >= 0.6 is 11.6 Å². The summed E-state index contributed by atoms with van der Waals surface area (Å²) >= 11 is 5.87. The lowest BCUT2D eigenvalue weighted by Crippen LogP contribution is -2.24. The van der Waals surface area contributed by atoms with E-state index in [2.05, 4.69) is 12.2 Å². The van der Waals surface area contributed by atoms with E-state index in [1.165, 1.54) is 18.2 Å². The maximum Gasteiger partial charge on any atom is 0.270 e. The van der Waals surface area contributed by atoms with E-state index in [4.69, 9.17) is 11.6 Å². The van der Waals surface area contributed by atoms with Crippen molar-refractivity contribution in [2.45, 2.75) is 32.6 Å². The third-order valence-electron chi connectivity index (χ3n) is 2.72. The number of carbonyl (C=O) groups is 1. The molecule has 1 amide bonds. The molecular weight excluding hydrogens is 268 g/mol. The number of hydrogen-bond donors (Lipinski definition) is 1. The van der Waals surface area contributed by atoms with Crippen LogP contribution in [0.15, 0.2) is 18.2 Å². The number of nitro groups is 1. The van der Waals surface area contributed by atoms with Crippen LogP contribution in [0.2, 0.25) is 5.02 Å². The number of unbranched alkanes of at least 4 members (excludes halogenated alkanes) is 3. The van der Waals surface area contributed by atoms with Gasteiger partial charge in [0.25, 0.3) is 11.6 Å². The van der Waals surface area contributed by atoms with Gasteiger partial charge in [0.05, 0.1) is 15.5 Å². The molecule has 0 spiro atoms. The molecule has 0 aliphatic rings. The number of carbonyl (C=O) groups excluding carboxylic acids is 1. The second-order valence-corrected chi connectivity index (χ2v) is 4.65. The van der Waals surface area contributed by atoms with E-state index in [0.717, 1.165) is 25.7 Å². The van der Waals surface area contributed by atoms with E-state index in [1.807, 2.05) is 0 Å². The molecule has 1 rings (SSSR count). The molecule has 6 heteroatoms. The second kappa shape index (κ2) is 7.74. The Labute approximate surface area is 117 Å². The molecule has 1 N–H and O–H groups in total. The Hall–Kier alpha value is -1.62. The minimum Gasteiger partial charge on any atom is -0.352 e. The maximum atomic E-state index is 11.8. The van der Waals surface area contributed by atoms with Crippen molar-refractivity contribution < 1.29 is 9.72 Å². The first-order chi connectivity index (χ1) is 9.06. The lowest BCUT2D eigenvalue weighted by Gasteiger charge is -2.06. The topological polar surface area (TPSA) is 72.2 Å². The molecule has 0 saturated carbocycles. The number of benzene rings is 1. The van der Waals surface area contributed by atoms with Crippen molar-refractivity contribution in [1.82, 2.24) is 5.32 Å². The highest BCUT2D eigenvalue weighted by molar-refractivity contribution is 6.34. The van der Waals surface area contributed by atoms with Gasteiger partial charge in [0.15, 0.2) is 0 Å². The van der Waals surface area contributed by atoms with Crippen molar-refractivity contribution in [3.8, 4) is 0 Å². The average molecular weight is 285 g/mol. The van der Waals surface area contributed by atoms with Crippen molar-refractivity contribution in [2.24, 2.45) is 0 Å². The van der Waals surface area contributed by atoms with E-state index in [-0.39, 0.29) is 22.2 Å². The first-order valence-corrected chi connectivity index (χ1v) is 6.66. The van der Waals surface area contributed by atoms with Gasteiger partial charge in [-0.3, -0.25) is 14.9 Å². The SMILES string of the molecule is CCCCCCNC(=O)c1ccc([N+](=O)[O-])cc1Cl. The zero-order chi connectivity index (χ0) is 14.3. The predicted octanol–water partition coefficient (Wildman–Crippen LogP) is 3.56. The molecule has 1 aromatic carbocycles. The molecule has 0 aliphatic carbocycles. The van der Waals surface area contributed by atoms with Crippen LogP contribution in [0, 0.1) is 10.1 Å². The van der Waals surface area contributed by atoms with Gasteiger partial charge in [-0.05, 0) is 12.5 Å². The van der Waals surface area contributed by atoms with Crippen LogP contribution < -0.4 is 5.32 Å². The van der Waals surface area contributed by atoms with Crippen LogP contribution in [0.3, 0.4) is 0 Å². The summed E-state index contributed by atoms with van der Waals surface area (Å²) in [5.41, 5.74) is 0.146. The number of halogens is 1. The zero-order valence-electron chi connectivity index (χ0n) is 10.8. The molecule has 0 atom stereocenters. The normalized spacial score (nSPS) is 10.2. The molecule has 104 valence electrons. The van der Waals surface area contributed by atoms with E-state index < -0.39 is 4.92 Å². The van der Waals surface area contributed by atoms with Gasteiger partial charge in [0.1, 0.15) is 0 Å². The highest BCUT2D eigenvalue weighted by atomic mass is 35.5. The summed E-state index contributed by atoms with van der Waals surface area (Å²) in [7, 11) is 0. The molecule has 0 unspecified atom stereocenters. The van der Waals surface area contributed by atoms with Gasteiger partial charge in [-0.1, -0.05) is 37.8 Å². The average Bonchev–Trinajstić information content (AvgIpc) is 2.38. The third kappa shape index (κ3) is 4.87. The Morgan fingerprint density at radius 3 is 2.68 bits per heavy atom. The highest BCUT2D eigenvalue weighted by Gasteiger charge is 2.14. The molecule has 0 radical (unpaired) electrons. The zero-order valence-corrected chi connectivity index (χ0v) is 11.6. The van der Waals surface area contributed by atoms with Crippen molar-refractivity contribution in [1.29, 1.82) is 0 Å². The van der Waals surface area contributed by atoms with Gasteiger partial charge in [0, 0.05) is 18.7 Å².